The monoisotopic (exact) mass is 337 g/mol. The summed E-state index contributed by atoms with van der Waals surface area (Å²) in [6.45, 7) is 1.37. The van der Waals surface area contributed by atoms with Crippen LogP contribution in [0.5, 0.6) is 0 Å². The molecule has 2 aromatic rings. The average Bonchev–Trinajstić information content (AvgIpc) is 3.01. The first-order chi connectivity index (χ1) is 10.9. The van der Waals surface area contributed by atoms with Gasteiger partial charge in [-0.2, -0.15) is 5.10 Å². The first kappa shape index (κ1) is 17.1. The molecule has 2 N–H and O–H groups in total. The van der Waals surface area contributed by atoms with Crippen molar-refractivity contribution in [2.24, 2.45) is 0 Å². The molecule has 0 radical (unpaired) electrons. The van der Waals surface area contributed by atoms with Crippen LogP contribution in [0.15, 0.2) is 36.7 Å². The van der Waals surface area contributed by atoms with Crippen molar-refractivity contribution in [3.8, 4) is 5.69 Å². The van der Waals surface area contributed by atoms with Gasteiger partial charge in [0.05, 0.1) is 17.2 Å². The summed E-state index contributed by atoms with van der Waals surface area (Å²) in [4.78, 5) is 21.4. The van der Waals surface area contributed by atoms with Crippen LogP contribution in [0.3, 0.4) is 0 Å². The number of aromatic nitrogens is 2. The lowest BCUT2D eigenvalue weighted by Gasteiger charge is -2.15. The van der Waals surface area contributed by atoms with Gasteiger partial charge in [0, 0.05) is 30.5 Å². The van der Waals surface area contributed by atoms with Crippen molar-refractivity contribution in [2.45, 2.75) is 19.1 Å². The lowest BCUT2D eigenvalue weighted by Crippen LogP contribution is -2.21. The molecule has 23 heavy (non-hydrogen) atoms. The minimum atomic E-state index is -1.24. The van der Waals surface area contributed by atoms with Crippen LogP contribution in [0.4, 0.5) is 5.69 Å². The second kappa shape index (κ2) is 7.36. The Morgan fingerprint density at radius 2 is 2.13 bits per heavy atom. The number of hydrogen-bond donors (Lipinski definition) is 2. The SMILES string of the molecule is CC(=O)SCC(O)C(O)c1cnn(-c2ccccc2[N+](=O)[O-])c1. The van der Waals surface area contributed by atoms with Gasteiger partial charge >= 0.3 is 0 Å². The van der Waals surface area contributed by atoms with Gasteiger partial charge in [0.25, 0.3) is 5.69 Å². The highest BCUT2D eigenvalue weighted by molar-refractivity contribution is 8.13. The standard InChI is InChI=1S/C14H15N3O5S/c1-9(18)23-8-13(19)14(20)10-6-15-16(7-10)11-4-2-3-5-12(11)17(21)22/h2-7,13-14,19-20H,8H2,1H3. The smallest absolute Gasteiger partial charge is 0.294 e. The van der Waals surface area contributed by atoms with Gasteiger partial charge in [0.1, 0.15) is 11.8 Å². The summed E-state index contributed by atoms with van der Waals surface area (Å²) < 4.78 is 1.27. The number of aliphatic hydroxyl groups excluding tert-OH is 2. The molecule has 0 aliphatic rings. The molecule has 2 rings (SSSR count). The number of nitro groups is 1. The van der Waals surface area contributed by atoms with E-state index < -0.39 is 17.1 Å². The van der Waals surface area contributed by atoms with Gasteiger partial charge in [-0.3, -0.25) is 14.9 Å². The molecule has 2 unspecified atom stereocenters. The fourth-order valence-corrected chi connectivity index (χ4v) is 2.54. The van der Waals surface area contributed by atoms with Crippen LogP contribution < -0.4 is 0 Å². The third-order valence-electron chi connectivity index (χ3n) is 3.09. The molecule has 0 aliphatic carbocycles. The van der Waals surface area contributed by atoms with Crippen molar-refractivity contribution in [1.29, 1.82) is 0 Å². The van der Waals surface area contributed by atoms with E-state index in [0.29, 0.717) is 5.56 Å². The molecule has 0 amide bonds. The van der Waals surface area contributed by atoms with Gasteiger partial charge in [-0.15, -0.1) is 0 Å². The van der Waals surface area contributed by atoms with E-state index in [4.69, 9.17) is 0 Å². The van der Waals surface area contributed by atoms with Gasteiger partial charge in [-0.1, -0.05) is 23.9 Å². The minimum absolute atomic E-state index is 0.0488. The molecule has 122 valence electrons. The summed E-state index contributed by atoms with van der Waals surface area (Å²) in [5.74, 6) is 0.0488. The van der Waals surface area contributed by atoms with Crippen LogP contribution >= 0.6 is 11.8 Å². The summed E-state index contributed by atoms with van der Waals surface area (Å²) >= 11 is 0.906. The second-order valence-electron chi connectivity index (χ2n) is 4.78. The number of nitro benzene ring substituents is 1. The van der Waals surface area contributed by atoms with Crippen molar-refractivity contribution in [3.05, 3.63) is 52.3 Å². The topological polar surface area (TPSA) is 118 Å². The molecule has 8 nitrogen and oxygen atoms in total. The lowest BCUT2D eigenvalue weighted by atomic mass is 10.1. The molecule has 0 spiro atoms. The highest BCUT2D eigenvalue weighted by Gasteiger charge is 2.22. The molecule has 1 heterocycles. The zero-order chi connectivity index (χ0) is 17.0. The molecule has 9 heteroatoms. The molecule has 0 fully saturated rings. The predicted octanol–water partition coefficient (Wildman–Crippen LogP) is 1.45. The van der Waals surface area contributed by atoms with Crippen LogP contribution in [0.2, 0.25) is 0 Å². The summed E-state index contributed by atoms with van der Waals surface area (Å²) in [5, 5.41) is 34.8. The van der Waals surface area contributed by atoms with Gasteiger partial charge in [0.2, 0.25) is 0 Å². The van der Waals surface area contributed by atoms with Gasteiger partial charge in [0.15, 0.2) is 5.12 Å². The Bertz CT molecular complexity index is 718. The molecule has 1 aromatic carbocycles. The number of para-hydroxylation sites is 2. The van der Waals surface area contributed by atoms with E-state index in [9.17, 15) is 25.1 Å². The summed E-state index contributed by atoms with van der Waals surface area (Å²) in [7, 11) is 0. The number of nitrogens with zero attached hydrogens (tertiary/aromatic N) is 3. The Morgan fingerprint density at radius 1 is 1.43 bits per heavy atom. The summed E-state index contributed by atoms with van der Waals surface area (Å²) in [6.07, 6.45) is 0.350. The Hall–Kier alpha value is -2.23. The van der Waals surface area contributed by atoms with Crippen molar-refractivity contribution >= 4 is 22.6 Å². The zero-order valence-corrected chi connectivity index (χ0v) is 13.0. The normalized spacial score (nSPS) is 13.5. The van der Waals surface area contributed by atoms with Gasteiger partial charge < -0.3 is 10.2 Å². The summed E-state index contributed by atoms with van der Waals surface area (Å²) in [6, 6.07) is 6.07. The molecular formula is C14H15N3O5S. The van der Waals surface area contributed by atoms with E-state index in [0.717, 1.165) is 11.8 Å². The maximum Gasteiger partial charge on any atom is 0.294 e. The first-order valence-corrected chi connectivity index (χ1v) is 7.66. The lowest BCUT2D eigenvalue weighted by molar-refractivity contribution is -0.384. The average molecular weight is 337 g/mol. The highest BCUT2D eigenvalue weighted by Crippen LogP contribution is 2.25. The zero-order valence-electron chi connectivity index (χ0n) is 12.2. The fourth-order valence-electron chi connectivity index (χ4n) is 1.95. The van der Waals surface area contributed by atoms with E-state index in [1.54, 1.807) is 12.1 Å². The molecule has 0 saturated carbocycles. The van der Waals surface area contributed by atoms with E-state index >= 15 is 0 Å². The number of rotatable bonds is 6. The third-order valence-corrected chi connectivity index (χ3v) is 4.01. The van der Waals surface area contributed by atoms with Crippen LogP contribution in [-0.2, 0) is 4.79 Å². The Balaban J connectivity index is 2.21. The van der Waals surface area contributed by atoms with Crippen molar-refractivity contribution in [1.82, 2.24) is 9.78 Å². The maximum absolute atomic E-state index is 11.0. The number of carbonyl (C=O) groups is 1. The molecular weight excluding hydrogens is 322 g/mol. The second-order valence-corrected chi connectivity index (χ2v) is 5.98. The Kier molecular flexibility index (Phi) is 5.48. The van der Waals surface area contributed by atoms with Crippen molar-refractivity contribution < 1.29 is 19.9 Å². The van der Waals surface area contributed by atoms with E-state index in [2.05, 4.69) is 5.10 Å². The highest BCUT2D eigenvalue weighted by atomic mass is 32.2. The number of hydrogen-bond acceptors (Lipinski definition) is 7. The third kappa shape index (κ3) is 4.15. The number of carbonyl (C=O) groups excluding carboxylic acids is 1. The van der Waals surface area contributed by atoms with Gasteiger partial charge in [-0.25, -0.2) is 4.68 Å². The quantitative estimate of drug-likeness (QED) is 0.605. The number of benzene rings is 1. The molecule has 0 saturated heterocycles. The van der Waals surface area contributed by atoms with Crippen LogP contribution in [-0.4, -0.2) is 41.9 Å². The Morgan fingerprint density at radius 3 is 2.78 bits per heavy atom. The largest absolute Gasteiger partial charge is 0.389 e. The predicted molar refractivity (Wildman–Crippen MR) is 84.3 cm³/mol. The van der Waals surface area contributed by atoms with E-state index in [1.165, 1.54) is 36.1 Å². The molecule has 2 atom stereocenters. The minimum Gasteiger partial charge on any atom is -0.389 e. The van der Waals surface area contributed by atoms with Crippen molar-refractivity contribution in [3.63, 3.8) is 0 Å². The molecule has 1 aromatic heterocycles. The first-order valence-electron chi connectivity index (χ1n) is 6.68. The fraction of sp³-hybridized carbons (Fsp3) is 0.286. The molecule has 0 bridgehead atoms. The van der Waals surface area contributed by atoms with Crippen molar-refractivity contribution in [2.75, 3.05) is 5.75 Å². The molecule has 0 aliphatic heterocycles. The van der Waals surface area contributed by atoms with Crippen LogP contribution in [0.25, 0.3) is 5.69 Å². The van der Waals surface area contributed by atoms with Gasteiger partial charge in [-0.05, 0) is 6.07 Å². The summed E-state index contributed by atoms with van der Waals surface area (Å²) in [5.41, 5.74) is 0.438. The van der Waals surface area contributed by atoms with Crippen LogP contribution in [0, 0.1) is 10.1 Å². The number of thioether (sulfide) groups is 1. The van der Waals surface area contributed by atoms with Crippen LogP contribution in [0.1, 0.15) is 18.6 Å². The Labute approximate surface area is 135 Å². The van der Waals surface area contributed by atoms with E-state index in [1.807, 2.05) is 0 Å². The number of aliphatic hydroxyl groups is 2. The maximum atomic E-state index is 11.0. The van der Waals surface area contributed by atoms with E-state index in [-0.39, 0.29) is 22.2 Å².